The molecule has 120 valence electrons. The fraction of sp³-hybridized carbons (Fsp3) is 0.167. The highest BCUT2D eigenvalue weighted by Gasteiger charge is 2.03. The van der Waals surface area contributed by atoms with Crippen molar-refractivity contribution in [1.82, 2.24) is 5.32 Å². The Labute approximate surface area is 139 Å². The second-order valence-electron chi connectivity index (χ2n) is 4.82. The predicted molar refractivity (Wildman–Crippen MR) is 89.7 cm³/mol. The van der Waals surface area contributed by atoms with Crippen molar-refractivity contribution in [2.45, 2.75) is 13.0 Å². The van der Waals surface area contributed by atoms with Crippen LogP contribution in [0.1, 0.15) is 17.5 Å². The van der Waals surface area contributed by atoms with E-state index in [1.807, 2.05) is 30.3 Å². The molecule has 3 nitrogen and oxygen atoms in total. The minimum absolute atomic E-state index is 0.0924. The summed E-state index contributed by atoms with van der Waals surface area (Å²) in [5.74, 6) is -0.444. The molecule has 0 fully saturated rings. The molecule has 1 N–H and O–H groups in total. The van der Waals surface area contributed by atoms with Gasteiger partial charge in [-0.3, -0.25) is 0 Å². The van der Waals surface area contributed by atoms with E-state index in [1.165, 1.54) is 6.07 Å². The molecule has 0 aliphatic rings. The van der Waals surface area contributed by atoms with E-state index in [0.29, 0.717) is 18.5 Å². The quantitative estimate of drug-likeness (QED) is 0.770. The first kappa shape index (κ1) is 17.0. The van der Waals surface area contributed by atoms with Gasteiger partial charge in [0.1, 0.15) is 12.4 Å². The molecule has 2 aromatic carbocycles. The van der Waals surface area contributed by atoms with Crippen LogP contribution < -0.4 is 5.32 Å². The van der Waals surface area contributed by atoms with Crippen molar-refractivity contribution in [2.75, 3.05) is 6.54 Å². The Kier molecular flexibility index (Phi) is 6.63. The van der Waals surface area contributed by atoms with Crippen LogP contribution in [-0.2, 0) is 11.3 Å². The smallest absolute Gasteiger partial charge is 0.407 e. The lowest BCUT2D eigenvalue weighted by Gasteiger charge is -2.06. The number of rotatable bonds is 6. The van der Waals surface area contributed by atoms with Crippen LogP contribution in [0.4, 0.5) is 9.18 Å². The lowest BCUT2D eigenvalue weighted by Crippen LogP contribution is -2.24. The number of halogens is 2. The summed E-state index contributed by atoms with van der Waals surface area (Å²) in [6, 6.07) is 14.3. The van der Waals surface area contributed by atoms with Gasteiger partial charge in [0.2, 0.25) is 0 Å². The molecule has 0 unspecified atom stereocenters. The van der Waals surface area contributed by atoms with Gasteiger partial charge < -0.3 is 10.1 Å². The van der Waals surface area contributed by atoms with Crippen LogP contribution in [0.2, 0.25) is 5.02 Å². The van der Waals surface area contributed by atoms with Crippen LogP contribution in [0.15, 0.2) is 54.6 Å². The van der Waals surface area contributed by atoms with Gasteiger partial charge in [0.25, 0.3) is 0 Å². The maximum absolute atomic E-state index is 13.6. The molecule has 2 aromatic rings. The standard InChI is InChI=1S/C18H17ClFNO2/c19-16-11-6-10-15(17(16)20)9-4-5-12-21-18(22)23-13-14-7-2-1-3-8-14/h1-4,6-11H,5,12-13H2,(H,21,22). The van der Waals surface area contributed by atoms with E-state index < -0.39 is 11.9 Å². The molecule has 0 aromatic heterocycles. The van der Waals surface area contributed by atoms with Gasteiger partial charge in [-0.25, -0.2) is 9.18 Å². The molecule has 5 heteroatoms. The molecule has 0 heterocycles. The zero-order valence-electron chi connectivity index (χ0n) is 12.5. The summed E-state index contributed by atoms with van der Waals surface area (Å²) in [7, 11) is 0. The number of ether oxygens (including phenoxy) is 1. The summed E-state index contributed by atoms with van der Waals surface area (Å²) in [5, 5.41) is 2.73. The minimum Gasteiger partial charge on any atom is -0.445 e. The molecular weight excluding hydrogens is 317 g/mol. The van der Waals surface area contributed by atoms with Crippen molar-refractivity contribution >= 4 is 23.8 Å². The number of carbonyl (C=O) groups excluding carboxylic acids is 1. The van der Waals surface area contributed by atoms with Crippen molar-refractivity contribution in [2.24, 2.45) is 0 Å². The van der Waals surface area contributed by atoms with Gasteiger partial charge in [-0.2, -0.15) is 0 Å². The third kappa shape index (κ3) is 5.75. The Morgan fingerprint density at radius 1 is 1.17 bits per heavy atom. The van der Waals surface area contributed by atoms with Crippen LogP contribution in [0.5, 0.6) is 0 Å². The Morgan fingerprint density at radius 3 is 2.74 bits per heavy atom. The van der Waals surface area contributed by atoms with Gasteiger partial charge in [0, 0.05) is 12.1 Å². The lowest BCUT2D eigenvalue weighted by atomic mass is 10.2. The number of amides is 1. The normalized spacial score (nSPS) is 10.7. The van der Waals surface area contributed by atoms with Gasteiger partial charge in [0.15, 0.2) is 0 Å². The zero-order valence-corrected chi connectivity index (χ0v) is 13.2. The van der Waals surface area contributed by atoms with E-state index >= 15 is 0 Å². The molecule has 0 spiro atoms. The second-order valence-corrected chi connectivity index (χ2v) is 5.23. The number of carbonyl (C=O) groups is 1. The highest BCUT2D eigenvalue weighted by atomic mass is 35.5. The molecule has 0 aliphatic heterocycles. The van der Waals surface area contributed by atoms with E-state index in [0.717, 1.165) is 5.56 Å². The molecule has 0 aliphatic carbocycles. The van der Waals surface area contributed by atoms with Crippen molar-refractivity contribution in [3.63, 3.8) is 0 Å². The minimum atomic E-state index is -0.476. The summed E-state index contributed by atoms with van der Waals surface area (Å²) in [6.45, 7) is 0.641. The number of hydrogen-bond donors (Lipinski definition) is 1. The zero-order chi connectivity index (χ0) is 16.5. The molecule has 1 amide bonds. The SMILES string of the molecule is O=C(NCCC=Cc1cccc(Cl)c1F)OCc1ccccc1. The van der Waals surface area contributed by atoms with Gasteiger partial charge in [-0.05, 0) is 18.1 Å². The first-order valence-corrected chi connectivity index (χ1v) is 7.59. The topological polar surface area (TPSA) is 38.3 Å². The highest BCUT2D eigenvalue weighted by molar-refractivity contribution is 6.30. The third-order valence-corrected chi connectivity index (χ3v) is 3.36. The Balaban J connectivity index is 1.67. The van der Waals surface area contributed by atoms with E-state index in [9.17, 15) is 9.18 Å². The first-order chi connectivity index (χ1) is 11.2. The Hall–Kier alpha value is -2.33. The monoisotopic (exact) mass is 333 g/mol. The predicted octanol–water partition coefficient (Wildman–Crippen LogP) is 4.81. The summed E-state index contributed by atoms with van der Waals surface area (Å²) in [6.07, 6.45) is 3.49. The van der Waals surface area contributed by atoms with Crippen molar-refractivity contribution < 1.29 is 13.9 Å². The van der Waals surface area contributed by atoms with Crippen LogP contribution in [-0.4, -0.2) is 12.6 Å². The van der Waals surface area contributed by atoms with E-state index in [1.54, 1.807) is 24.3 Å². The molecule has 2 rings (SSSR count). The molecular formula is C18H17ClFNO2. The summed E-state index contributed by atoms with van der Waals surface area (Å²) in [4.78, 5) is 11.5. The first-order valence-electron chi connectivity index (χ1n) is 7.22. The molecule has 23 heavy (non-hydrogen) atoms. The van der Waals surface area contributed by atoms with Gasteiger partial charge >= 0.3 is 6.09 Å². The largest absolute Gasteiger partial charge is 0.445 e. The molecule has 0 bridgehead atoms. The Morgan fingerprint density at radius 2 is 1.96 bits per heavy atom. The van der Waals surface area contributed by atoms with E-state index in [2.05, 4.69) is 5.32 Å². The fourth-order valence-electron chi connectivity index (χ4n) is 1.89. The van der Waals surface area contributed by atoms with Gasteiger partial charge in [-0.1, -0.05) is 66.2 Å². The van der Waals surface area contributed by atoms with Crippen LogP contribution in [0.25, 0.3) is 6.08 Å². The average molecular weight is 334 g/mol. The van der Waals surface area contributed by atoms with Crippen molar-refractivity contribution in [3.05, 3.63) is 76.6 Å². The number of hydrogen-bond acceptors (Lipinski definition) is 2. The number of benzene rings is 2. The molecule has 0 saturated carbocycles. The number of alkyl carbamates (subject to hydrolysis) is 1. The van der Waals surface area contributed by atoms with Crippen molar-refractivity contribution in [3.8, 4) is 0 Å². The van der Waals surface area contributed by atoms with Crippen LogP contribution >= 0.6 is 11.6 Å². The highest BCUT2D eigenvalue weighted by Crippen LogP contribution is 2.18. The van der Waals surface area contributed by atoms with Crippen LogP contribution in [0, 0.1) is 5.82 Å². The van der Waals surface area contributed by atoms with E-state index in [-0.39, 0.29) is 11.6 Å². The maximum Gasteiger partial charge on any atom is 0.407 e. The summed E-state index contributed by atoms with van der Waals surface area (Å²) >= 11 is 5.70. The number of nitrogens with one attached hydrogen (secondary N) is 1. The maximum atomic E-state index is 13.6. The lowest BCUT2D eigenvalue weighted by molar-refractivity contribution is 0.140. The van der Waals surface area contributed by atoms with Crippen LogP contribution in [0.3, 0.4) is 0 Å². The fourth-order valence-corrected chi connectivity index (χ4v) is 2.07. The Bertz CT molecular complexity index is 674. The van der Waals surface area contributed by atoms with Crippen molar-refractivity contribution in [1.29, 1.82) is 0 Å². The summed E-state index contributed by atoms with van der Waals surface area (Å²) in [5.41, 5.74) is 1.35. The molecule has 0 saturated heterocycles. The van der Waals surface area contributed by atoms with E-state index in [4.69, 9.17) is 16.3 Å². The van der Waals surface area contributed by atoms with Gasteiger partial charge in [-0.15, -0.1) is 0 Å². The molecule has 0 radical (unpaired) electrons. The average Bonchev–Trinajstić information content (AvgIpc) is 2.57. The molecule has 0 atom stereocenters. The van der Waals surface area contributed by atoms with Gasteiger partial charge in [0.05, 0.1) is 5.02 Å². The summed E-state index contributed by atoms with van der Waals surface area (Å²) < 4.78 is 18.7. The third-order valence-electron chi connectivity index (χ3n) is 3.07. The second kappa shape index (κ2) is 8.96.